The van der Waals surface area contributed by atoms with Crippen LogP contribution in [0.3, 0.4) is 0 Å². The van der Waals surface area contributed by atoms with Crippen LogP contribution < -0.4 is 5.32 Å². The van der Waals surface area contributed by atoms with Crippen LogP contribution in [0.5, 0.6) is 0 Å². The molecule has 1 saturated carbocycles. The van der Waals surface area contributed by atoms with E-state index in [9.17, 15) is 0 Å². The summed E-state index contributed by atoms with van der Waals surface area (Å²) in [4.78, 5) is 4.37. The van der Waals surface area contributed by atoms with Gasteiger partial charge in [0.1, 0.15) is 0 Å². The third-order valence-electron chi connectivity index (χ3n) is 3.19. The van der Waals surface area contributed by atoms with Gasteiger partial charge < -0.3 is 9.84 Å². The smallest absolute Gasteiger partial charge is 0.240 e. The second kappa shape index (κ2) is 7.07. The van der Waals surface area contributed by atoms with Crippen molar-refractivity contribution in [3.63, 3.8) is 0 Å². The molecule has 1 N–H and O–H groups in total. The van der Waals surface area contributed by atoms with Crippen LogP contribution in [0.15, 0.2) is 28.8 Å². The van der Waals surface area contributed by atoms with E-state index in [1.807, 2.05) is 24.3 Å². The lowest BCUT2D eigenvalue weighted by Crippen LogP contribution is -2.16. The fourth-order valence-electron chi connectivity index (χ4n) is 1.92. The molecule has 1 aromatic carbocycles. The summed E-state index contributed by atoms with van der Waals surface area (Å²) in [5, 5.41) is 8.06. The van der Waals surface area contributed by atoms with E-state index in [0.29, 0.717) is 24.7 Å². The lowest BCUT2D eigenvalue weighted by molar-refractivity contribution is 0.362. The van der Waals surface area contributed by atoms with Crippen molar-refractivity contribution in [2.45, 2.75) is 25.8 Å². The first kappa shape index (κ1) is 15.3. The molecule has 108 valence electrons. The molecule has 0 spiro atoms. The molecule has 1 heterocycles. The maximum atomic E-state index is 5.85. The molecule has 1 aromatic heterocycles. The third kappa shape index (κ3) is 4.47. The molecule has 1 aliphatic carbocycles. The summed E-state index contributed by atoms with van der Waals surface area (Å²) in [6, 6.07) is 7.69. The minimum absolute atomic E-state index is 0. The van der Waals surface area contributed by atoms with Crippen molar-refractivity contribution < 1.29 is 4.52 Å². The van der Waals surface area contributed by atoms with Gasteiger partial charge in [-0.05, 0) is 43.0 Å². The Labute approximate surface area is 129 Å². The van der Waals surface area contributed by atoms with Crippen molar-refractivity contribution in [3.05, 3.63) is 46.6 Å². The standard InChI is InChI=1S/C14H16ClN3O.ClH/c15-12-5-3-10(4-6-12)7-13-17-14(19-18-13)9-16-8-11-1-2-11;/h3-6,11,16H,1-2,7-9H2;1H. The van der Waals surface area contributed by atoms with E-state index in [1.54, 1.807) is 0 Å². The molecule has 1 fully saturated rings. The molecule has 0 saturated heterocycles. The average Bonchev–Trinajstić information content (AvgIpc) is 3.12. The molecular formula is C14H17Cl2N3O. The highest BCUT2D eigenvalue weighted by Gasteiger charge is 2.20. The van der Waals surface area contributed by atoms with Crippen LogP contribution in [0, 0.1) is 5.92 Å². The van der Waals surface area contributed by atoms with Crippen LogP contribution in [-0.2, 0) is 13.0 Å². The molecule has 0 radical (unpaired) electrons. The molecule has 4 nitrogen and oxygen atoms in total. The van der Waals surface area contributed by atoms with Gasteiger partial charge in [0.15, 0.2) is 5.82 Å². The SMILES string of the molecule is Cl.Clc1ccc(Cc2noc(CNCC3CC3)n2)cc1. The topological polar surface area (TPSA) is 51.0 Å². The quantitative estimate of drug-likeness (QED) is 0.889. The van der Waals surface area contributed by atoms with Gasteiger partial charge in [0.25, 0.3) is 0 Å². The second-order valence-corrected chi connectivity index (χ2v) is 5.42. The first-order valence-corrected chi connectivity index (χ1v) is 6.94. The summed E-state index contributed by atoms with van der Waals surface area (Å²) in [6.07, 6.45) is 3.36. The zero-order valence-corrected chi connectivity index (χ0v) is 12.6. The molecule has 0 amide bonds. The molecule has 6 heteroatoms. The molecule has 3 rings (SSSR count). The molecule has 0 aliphatic heterocycles. The fourth-order valence-corrected chi connectivity index (χ4v) is 2.05. The highest BCUT2D eigenvalue weighted by Crippen LogP contribution is 2.27. The predicted octanol–water partition coefficient (Wildman–Crippen LogP) is 3.24. The van der Waals surface area contributed by atoms with E-state index in [-0.39, 0.29) is 12.4 Å². The largest absolute Gasteiger partial charge is 0.338 e. The van der Waals surface area contributed by atoms with Crippen molar-refractivity contribution in [1.82, 2.24) is 15.5 Å². The maximum Gasteiger partial charge on any atom is 0.240 e. The van der Waals surface area contributed by atoms with Gasteiger partial charge in [0.05, 0.1) is 6.54 Å². The van der Waals surface area contributed by atoms with Gasteiger partial charge >= 0.3 is 0 Å². The van der Waals surface area contributed by atoms with Crippen LogP contribution in [0.25, 0.3) is 0 Å². The summed E-state index contributed by atoms with van der Waals surface area (Å²) in [5.74, 6) is 2.23. The van der Waals surface area contributed by atoms with Gasteiger partial charge in [-0.2, -0.15) is 4.98 Å². The minimum Gasteiger partial charge on any atom is -0.338 e. The molecule has 1 aliphatic rings. The van der Waals surface area contributed by atoms with E-state index in [1.165, 1.54) is 12.8 Å². The molecule has 20 heavy (non-hydrogen) atoms. The summed E-state index contributed by atoms with van der Waals surface area (Å²) in [6.45, 7) is 1.71. The van der Waals surface area contributed by atoms with Gasteiger partial charge in [-0.1, -0.05) is 28.9 Å². The van der Waals surface area contributed by atoms with Gasteiger partial charge in [-0.3, -0.25) is 0 Å². The second-order valence-electron chi connectivity index (χ2n) is 4.98. The van der Waals surface area contributed by atoms with Gasteiger partial charge in [-0.25, -0.2) is 0 Å². The maximum absolute atomic E-state index is 5.85. The van der Waals surface area contributed by atoms with Gasteiger partial charge in [0.2, 0.25) is 5.89 Å². The minimum atomic E-state index is 0. The monoisotopic (exact) mass is 313 g/mol. The Balaban J connectivity index is 0.00000147. The molecule has 0 bridgehead atoms. The summed E-state index contributed by atoms with van der Waals surface area (Å²) >= 11 is 5.85. The number of halogens is 2. The van der Waals surface area contributed by atoms with Gasteiger partial charge in [-0.15, -0.1) is 12.4 Å². The van der Waals surface area contributed by atoms with Gasteiger partial charge in [0, 0.05) is 11.4 Å². The van der Waals surface area contributed by atoms with Crippen molar-refractivity contribution in [3.8, 4) is 0 Å². The number of benzene rings is 1. The summed E-state index contributed by atoms with van der Waals surface area (Å²) < 4.78 is 5.21. The van der Waals surface area contributed by atoms with Crippen LogP contribution in [0.4, 0.5) is 0 Å². The Morgan fingerprint density at radius 2 is 2.00 bits per heavy atom. The highest BCUT2D eigenvalue weighted by atomic mass is 35.5. The third-order valence-corrected chi connectivity index (χ3v) is 3.44. The van der Waals surface area contributed by atoms with Crippen LogP contribution in [-0.4, -0.2) is 16.7 Å². The number of nitrogens with one attached hydrogen (secondary N) is 1. The first-order chi connectivity index (χ1) is 9.29. The highest BCUT2D eigenvalue weighted by molar-refractivity contribution is 6.30. The predicted molar refractivity (Wildman–Crippen MR) is 80.2 cm³/mol. The van der Waals surface area contributed by atoms with Crippen LogP contribution in [0.1, 0.15) is 30.1 Å². The van der Waals surface area contributed by atoms with E-state index in [4.69, 9.17) is 16.1 Å². The fraction of sp³-hybridized carbons (Fsp3) is 0.429. The number of rotatable bonds is 6. The number of nitrogens with zero attached hydrogens (tertiary/aromatic N) is 2. The van der Waals surface area contributed by atoms with Crippen LogP contribution >= 0.6 is 24.0 Å². The lowest BCUT2D eigenvalue weighted by atomic mass is 10.1. The molecule has 0 unspecified atom stereocenters. The van der Waals surface area contributed by atoms with Crippen molar-refractivity contribution in [2.24, 2.45) is 5.92 Å². The Hall–Kier alpha value is -1.10. The van der Waals surface area contributed by atoms with Crippen molar-refractivity contribution in [2.75, 3.05) is 6.54 Å². The van der Waals surface area contributed by atoms with E-state index in [2.05, 4.69) is 15.5 Å². The van der Waals surface area contributed by atoms with Crippen molar-refractivity contribution >= 4 is 24.0 Å². The van der Waals surface area contributed by atoms with E-state index < -0.39 is 0 Å². The van der Waals surface area contributed by atoms with Crippen LogP contribution in [0.2, 0.25) is 5.02 Å². The lowest BCUT2D eigenvalue weighted by Gasteiger charge is -1.97. The van der Waals surface area contributed by atoms with Crippen molar-refractivity contribution in [1.29, 1.82) is 0 Å². The Morgan fingerprint density at radius 3 is 2.70 bits per heavy atom. The van der Waals surface area contributed by atoms with E-state index in [0.717, 1.165) is 23.0 Å². The van der Waals surface area contributed by atoms with E-state index >= 15 is 0 Å². The number of hydrogen-bond donors (Lipinski definition) is 1. The normalized spacial score (nSPS) is 14.1. The summed E-state index contributed by atoms with van der Waals surface area (Å²) in [7, 11) is 0. The molecule has 2 aromatic rings. The number of aromatic nitrogens is 2. The molecular weight excluding hydrogens is 297 g/mol. The molecule has 0 atom stereocenters. The zero-order valence-electron chi connectivity index (χ0n) is 11.0. The summed E-state index contributed by atoms with van der Waals surface area (Å²) in [5.41, 5.74) is 1.13. The Morgan fingerprint density at radius 1 is 1.25 bits per heavy atom. The number of hydrogen-bond acceptors (Lipinski definition) is 4. The average molecular weight is 314 g/mol. The Bertz CT molecular complexity index is 538. The first-order valence-electron chi connectivity index (χ1n) is 6.56. The zero-order chi connectivity index (χ0) is 13.1. The Kier molecular flexibility index (Phi) is 5.40.